The average molecular weight is 484 g/mol. The number of hydrogen-bond donors (Lipinski definition) is 2. The van der Waals surface area contributed by atoms with Crippen molar-refractivity contribution in [3.8, 4) is 0 Å². The monoisotopic (exact) mass is 483 g/mol. The molecule has 1 atom stereocenters. The first-order chi connectivity index (χ1) is 16.2. The topological polar surface area (TPSA) is 96.3 Å². The average Bonchev–Trinajstić information content (AvgIpc) is 3.25. The summed E-state index contributed by atoms with van der Waals surface area (Å²) in [5.41, 5.74) is 0.526. The van der Waals surface area contributed by atoms with Gasteiger partial charge in [0.15, 0.2) is 5.69 Å². The molecule has 0 saturated heterocycles. The normalized spacial score (nSPS) is 17.3. The van der Waals surface area contributed by atoms with Crippen LogP contribution in [0.15, 0.2) is 54.6 Å². The van der Waals surface area contributed by atoms with Crippen LogP contribution in [0.3, 0.4) is 0 Å². The van der Waals surface area contributed by atoms with E-state index in [2.05, 4.69) is 15.7 Å². The number of nitrogens with one attached hydrogen (secondary N) is 2. The van der Waals surface area contributed by atoms with Gasteiger partial charge in [0.05, 0.1) is 6.54 Å². The molecule has 0 fully saturated rings. The molecular weight excluding hydrogens is 461 g/mol. The van der Waals surface area contributed by atoms with E-state index in [1.54, 1.807) is 37.3 Å². The van der Waals surface area contributed by atoms with E-state index in [-0.39, 0.29) is 36.8 Å². The zero-order chi connectivity index (χ0) is 24.5. The van der Waals surface area contributed by atoms with Gasteiger partial charge in [0, 0.05) is 31.2 Å². The standard InChI is InChI=1S/C24H23ClFN5O3/c1-24(23(34)28-12-15-7-9-17(26)10-8-15)14-31-20(22(33)30(24)2)11-19(29-31)21(32)27-13-16-5-3-4-6-18(16)25/h3-11H,12-14H2,1-2H3,(H,27,32)(H,28,34)/t24-/m0/s1. The van der Waals surface area contributed by atoms with Crippen molar-refractivity contribution in [1.29, 1.82) is 0 Å². The summed E-state index contributed by atoms with van der Waals surface area (Å²) in [5.74, 6) is -1.64. The van der Waals surface area contributed by atoms with Crippen molar-refractivity contribution in [3.63, 3.8) is 0 Å². The summed E-state index contributed by atoms with van der Waals surface area (Å²) in [5, 5.41) is 10.4. The Morgan fingerprint density at radius 1 is 1.12 bits per heavy atom. The van der Waals surface area contributed by atoms with E-state index >= 15 is 0 Å². The summed E-state index contributed by atoms with van der Waals surface area (Å²) in [7, 11) is 1.54. The Hall–Kier alpha value is -3.72. The van der Waals surface area contributed by atoms with Crippen molar-refractivity contribution in [1.82, 2.24) is 25.3 Å². The third-order valence-electron chi connectivity index (χ3n) is 5.99. The van der Waals surface area contributed by atoms with Gasteiger partial charge in [-0.2, -0.15) is 5.10 Å². The van der Waals surface area contributed by atoms with Gasteiger partial charge in [-0.1, -0.05) is 41.9 Å². The number of nitrogens with zero attached hydrogens (tertiary/aromatic N) is 3. The van der Waals surface area contributed by atoms with Crippen LogP contribution < -0.4 is 10.6 Å². The van der Waals surface area contributed by atoms with Crippen molar-refractivity contribution >= 4 is 29.3 Å². The largest absolute Gasteiger partial charge is 0.350 e. The van der Waals surface area contributed by atoms with E-state index in [9.17, 15) is 18.8 Å². The van der Waals surface area contributed by atoms with Gasteiger partial charge >= 0.3 is 0 Å². The SMILES string of the molecule is CN1C(=O)c2cc(C(=O)NCc3ccccc3Cl)nn2C[C@@]1(C)C(=O)NCc1ccc(F)cc1. The van der Waals surface area contributed by atoms with Crippen LogP contribution in [0.25, 0.3) is 0 Å². The summed E-state index contributed by atoms with van der Waals surface area (Å²) in [6, 6.07) is 14.3. The second-order valence-corrected chi connectivity index (χ2v) is 8.70. The fourth-order valence-corrected chi connectivity index (χ4v) is 3.92. The van der Waals surface area contributed by atoms with Gasteiger partial charge in [0.1, 0.15) is 17.1 Å². The number of likely N-dealkylation sites (N-methyl/N-ethyl adjacent to an activating group) is 1. The highest BCUT2D eigenvalue weighted by Gasteiger charge is 2.46. The highest BCUT2D eigenvalue weighted by Crippen LogP contribution is 2.26. The van der Waals surface area contributed by atoms with Crippen molar-refractivity contribution in [3.05, 3.63) is 88.0 Å². The van der Waals surface area contributed by atoms with Gasteiger partial charge in [-0.25, -0.2) is 4.39 Å². The van der Waals surface area contributed by atoms with Crippen LogP contribution in [-0.4, -0.2) is 45.0 Å². The number of amides is 3. The summed E-state index contributed by atoms with van der Waals surface area (Å²) in [6.45, 7) is 2.08. The van der Waals surface area contributed by atoms with E-state index in [1.165, 1.54) is 34.8 Å². The Morgan fingerprint density at radius 3 is 2.53 bits per heavy atom. The Labute approximate surface area is 200 Å². The molecule has 0 saturated carbocycles. The van der Waals surface area contributed by atoms with Gasteiger partial charge in [-0.3, -0.25) is 19.1 Å². The molecule has 1 aliphatic rings. The van der Waals surface area contributed by atoms with Crippen molar-refractivity contribution in [2.75, 3.05) is 7.05 Å². The van der Waals surface area contributed by atoms with E-state index in [1.807, 2.05) is 6.07 Å². The fraction of sp³-hybridized carbons (Fsp3) is 0.250. The number of fused-ring (bicyclic) bond motifs is 1. The summed E-state index contributed by atoms with van der Waals surface area (Å²) < 4.78 is 14.5. The lowest BCUT2D eigenvalue weighted by Crippen LogP contribution is -2.62. The summed E-state index contributed by atoms with van der Waals surface area (Å²) in [6.07, 6.45) is 0. The van der Waals surface area contributed by atoms with Crippen LogP contribution >= 0.6 is 11.6 Å². The summed E-state index contributed by atoms with van der Waals surface area (Å²) >= 11 is 6.13. The molecule has 4 rings (SSSR count). The molecule has 0 bridgehead atoms. The third kappa shape index (κ3) is 4.51. The van der Waals surface area contributed by atoms with E-state index in [4.69, 9.17) is 11.6 Å². The smallest absolute Gasteiger partial charge is 0.272 e. The predicted molar refractivity (Wildman–Crippen MR) is 124 cm³/mol. The molecule has 0 aliphatic carbocycles. The first-order valence-electron chi connectivity index (χ1n) is 10.6. The molecule has 2 N–H and O–H groups in total. The van der Waals surface area contributed by atoms with Crippen LogP contribution in [0.4, 0.5) is 4.39 Å². The van der Waals surface area contributed by atoms with Crippen LogP contribution in [0.5, 0.6) is 0 Å². The first kappa shape index (κ1) is 23.4. The predicted octanol–water partition coefficient (Wildman–Crippen LogP) is 2.77. The summed E-state index contributed by atoms with van der Waals surface area (Å²) in [4.78, 5) is 40.0. The van der Waals surface area contributed by atoms with E-state index in [0.717, 1.165) is 11.1 Å². The molecular formula is C24H23ClFN5O3. The molecule has 34 heavy (non-hydrogen) atoms. The van der Waals surface area contributed by atoms with Crippen molar-refractivity contribution in [2.24, 2.45) is 0 Å². The molecule has 1 aliphatic heterocycles. The maximum absolute atomic E-state index is 13.1. The third-order valence-corrected chi connectivity index (χ3v) is 6.36. The second kappa shape index (κ2) is 9.26. The number of carbonyl (C=O) groups is 3. The first-order valence-corrected chi connectivity index (χ1v) is 11.0. The minimum Gasteiger partial charge on any atom is -0.350 e. The quantitative estimate of drug-likeness (QED) is 0.563. The van der Waals surface area contributed by atoms with Crippen molar-refractivity contribution in [2.45, 2.75) is 32.1 Å². The molecule has 176 valence electrons. The molecule has 3 amide bonds. The molecule has 3 aromatic rings. The van der Waals surface area contributed by atoms with Gasteiger partial charge < -0.3 is 15.5 Å². The molecule has 0 radical (unpaired) electrons. The lowest BCUT2D eigenvalue weighted by Gasteiger charge is -2.40. The Balaban J connectivity index is 1.47. The molecule has 2 aromatic carbocycles. The number of carbonyl (C=O) groups excluding carboxylic acids is 3. The highest BCUT2D eigenvalue weighted by molar-refractivity contribution is 6.31. The molecule has 1 aromatic heterocycles. The van der Waals surface area contributed by atoms with Gasteiger partial charge in [-0.05, 0) is 36.2 Å². The molecule has 2 heterocycles. The van der Waals surface area contributed by atoms with E-state index in [0.29, 0.717) is 5.02 Å². The molecule has 0 spiro atoms. The van der Waals surface area contributed by atoms with Crippen LogP contribution in [0.1, 0.15) is 39.0 Å². The molecule has 0 unspecified atom stereocenters. The number of aromatic nitrogens is 2. The Morgan fingerprint density at radius 2 is 1.82 bits per heavy atom. The van der Waals surface area contributed by atoms with Crippen molar-refractivity contribution < 1.29 is 18.8 Å². The van der Waals surface area contributed by atoms with Crippen LogP contribution in [0, 0.1) is 5.82 Å². The lowest BCUT2D eigenvalue weighted by molar-refractivity contribution is -0.132. The van der Waals surface area contributed by atoms with Gasteiger partial charge in [-0.15, -0.1) is 0 Å². The molecule has 8 nitrogen and oxygen atoms in total. The minimum atomic E-state index is -1.23. The number of hydrogen-bond acceptors (Lipinski definition) is 4. The maximum atomic E-state index is 13.1. The van der Waals surface area contributed by atoms with Crippen LogP contribution in [0.2, 0.25) is 5.02 Å². The number of benzene rings is 2. The van der Waals surface area contributed by atoms with Crippen LogP contribution in [-0.2, 0) is 24.4 Å². The highest BCUT2D eigenvalue weighted by atomic mass is 35.5. The minimum absolute atomic E-state index is 0.0671. The number of rotatable bonds is 6. The zero-order valence-electron chi connectivity index (χ0n) is 18.6. The second-order valence-electron chi connectivity index (χ2n) is 8.29. The lowest BCUT2D eigenvalue weighted by atomic mass is 9.96. The number of halogens is 2. The van der Waals surface area contributed by atoms with E-state index < -0.39 is 23.3 Å². The fourth-order valence-electron chi connectivity index (χ4n) is 3.72. The Bertz CT molecular complexity index is 1260. The molecule has 10 heteroatoms. The maximum Gasteiger partial charge on any atom is 0.272 e. The van der Waals surface area contributed by atoms with Gasteiger partial charge in [0.2, 0.25) is 5.91 Å². The zero-order valence-corrected chi connectivity index (χ0v) is 19.4. The van der Waals surface area contributed by atoms with Gasteiger partial charge in [0.25, 0.3) is 11.8 Å². The Kier molecular flexibility index (Phi) is 6.39.